The molecule has 23 heavy (non-hydrogen) atoms. The third kappa shape index (κ3) is 4.53. The van der Waals surface area contributed by atoms with Crippen LogP contribution in [0.4, 0.5) is 16.4 Å². The Hall–Kier alpha value is -2.90. The monoisotopic (exact) mass is 318 g/mol. The normalized spacial score (nSPS) is 11.1. The SMILES string of the molecule is CC(C)(C)OC(=O)n1ccnc1NCc1cccc([N+](=O)[O-])c1. The summed E-state index contributed by atoms with van der Waals surface area (Å²) in [5.41, 5.74) is 0.108. The Bertz CT molecular complexity index is 718. The molecule has 1 heterocycles. The molecule has 0 unspecified atom stereocenters. The van der Waals surface area contributed by atoms with E-state index in [1.165, 1.54) is 29.1 Å². The van der Waals surface area contributed by atoms with Crippen LogP contribution in [0.2, 0.25) is 0 Å². The Balaban J connectivity index is 2.08. The van der Waals surface area contributed by atoms with Crippen molar-refractivity contribution >= 4 is 17.7 Å². The van der Waals surface area contributed by atoms with Crippen LogP contribution in [-0.2, 0) is 11.3 Å². The van der Waals surface area contributed by atoms with E-state index >= 15 is 0 Å². The molecule has 0 aliphatic heterocycles. The average molecular weight is 318 g/mol. The first-order valence-corrected chi connectivity index (χ1v) is 7.00. The van der Waals surface area contributed by atoms with Crippen LogP contribution in [0.5, 0.6) is 0 Å². The molecule has 0 spiro atoms. The molecule has 0 bridgehead atoms. The molecule has 0 aliphatic rings. The molecule has 0 saturated heterocycles. The van der Waals surface area contributed by atoms with Gasteiger partial charge in [0.2, 0.25) is 5.95 Å². The van der Waals surface area contributed by atoms with Crippen LogP contribution in [0.3, 0.4) is 0 Å². The molecule has 8 heteroatoms. The maximum absolute atomic E-state index is 12.1. The van der Waals surface area contributed by atoms with Crippen LogP contribution in [0.25, 0.3) is 0 Å². The summed E-state index contributed by atoms with van der Waals surface area (Å²) in [6.45, 7) is 5.62. The number of nitro benzene ring substituents is 1. The van der Waals surface area contributed by atoms with Crippen LogP contribution in [0.15, 0.2) is 36.7 Å². The summed E-state index contributed by atoms with van der Waals surface area (Å²) in [7, 11) is 0. The lowest BCUT2D eigenvalue weighted by molar-refractivity contribution is -0.384. The number of aromatic nitrogens is 2. The summed E-state index contributed by atoms with van der Waals surface area (Å²) in [6.07, 6.45) is 2.42. The Kier molecular flexibility index (Phi) is 4.63. The zero-order valence-electron chi connectivity index (χ0n) is 13.1. The third-order valence-electron chi connectivity index (χ3n) is 2.80. The van der Waals surface area contributed by atoms with E-state index in [1.54, 1.807) is 32.9 Å². The lowest BCUT2D eigenvalue weighted by Gasteiger charge is -2.20. The van der Waals surface area contributed by atoms with Gasteiger partial charge in [-0.1, -0.05) is 12.1 Å². The van der Waals surface area contributed by atoms with Gasteiger partial charge >= 0.3 is 6.09 Å². The fourth-order valence-corrected chi connectivity index (χ4v) is 1.85. The Labute approximate surface area is 133 Å². The van der Waals surface area contributed by atoms with Crippen molar-refractivity contribution in [1.82, 2.24) is 9.55 Å². The van der Waals surface area contributed by atoms with E-state index in [0.717, 1.165) is 0 Å². The molecule has 0 radical (unpaired) electrons. The van der Waals surface area contributed by atoms with Gasteiger partial charge in [-0.2, -0.15) is 0 Å². The van der Waals surface area contributed by atoms with Gasteiger partial charge in [-0.05, 0) is 26.3 Å². The van der Waals surface area contributed by atoms with Gasteiger partial charge in [0.1, 0.15) is 5.60 Å². The molecule has 0 saturated carbocycles. The number of rotatable bonds is 4. The molecule has 2 aromatic rings. The van der Waals surface area contributed by atoms with Gasteiger partial charge in [0.25, 0.3) is 5.69 Å². The van der Waals surface area contributed by atoms with Crippen molar-refractivity contribution in [2.75, 3.05) is 5.32 Å². The second-order valence-electron chi connectivity index (χ2n) is 5.88. The topological polar surface area (TPSA) is 99.3 Å². The molecule has 1 N–H and O–H groups in total. The molecule has 8 nitrogen and oxygen atoms in total. The number of imidazole rings is 1. The molecule has 0 atom stereocenters. The fourth-order valence-electron chi connectivity index (χ4n) is 1.85. The van der Waals surface area contributed by atoms with Gasteiger partial charge in [-0.25, -0.2) is 14.3 Å². The van der Waals surface area contributed by atoms with Gasteiger partial charge in [-0.15, -0.1) is 0 Å². The van der Waals surface area contributed by atoms with Crippen molar-refractivity contribution in [3.63, 3.8) is 0 Å². The quantitative estimate of drug-likeness (QED) is 0.686. The van der Waals surface area contributed by atoms with Crippen LogP contribution in [0.1, 0.15) is 26.3 Å². The molecular formula is C15H18N4O4. The summed E-state index contributed by atoms with van der Waals surface area (Å²) in [5, 5.41) is 13.7. The summed E-state index contributed by atoms with van der Waals surface area (Å²) < 4.78 is 6.53. The van der Waals surface area contributed by atoms with Crippen molar-refractivity contribution < 1.29 is 14.5 Å². The highest BCUT2D eigenvalue weighted by atomic mass is 16.6. The zero-order valence-corrected chi connectivity index (χ0v) is 13.1. The summed E-state index contributed by atoms with van der Waals surface area (Å²) in [6, 6.07) is 6.25. The maximum Gasteiger partial charge on any atom is 0.421 e. The number of nitro groups is 1. The smallest absolute Gasteiger partial charge is 0.421 e. The van der Waals surface area contributed by atoms with Gasteiger partial charge in [-0.3, -0.25) is 10.1 Å². The number of carbonyl (C=O) groups is 1. The van der Waals surface area contributed by atoms with E-state index in [2.05, 4.69) is 10.3 Å². The first-order chi connectivity index (χ1) is 10.8. The van der Waals surface area contributed by atoms with Gasteiger partial charge < -0.3 is 10.1 Å². The number of anilines is 1. The molecule has 1 aromatic carbocycles. The van der Waals surface area contributed by atoms with Crippen LogP contribution in [0, 0.1) is 10.1 Å². The Morgan fingerprint density at radius 1 is 1.43 bits per heavy atom. The minimum absolute atomic E-state index is 0.0137. The van der Waals surface area contributed by atoms with Crippen molar-refractivity contribution in [2.24, 2.45) is 0 Å². The second kappa shape index (κ2) is 6.47. The second-order valence-corrected chi connectivity index (χ2v) is 5.88. The Morgan fingerprint density at radius 2 is 2.17 bits per heavy atom. The summed E-state index contributed by atoms with van der Waals surface area (Å²) in [4.78, 5) is 26.4. The zero-order chi connectivity index (χ0) is 17.0. The minimum atomic E-state index is -0.612. The van der Waals surface area contributed by atoms with Crippen molar-refractivity contribution in [3.05, 3.63) is 52.3 Å². The minimum Gasteiger partial charge on any atom is -0.443 e. The lowest BCUT2D eigenvalue weighted by Crippen LogP contribution is -2.27. The van der Waals surface area contributed by atoms with E-state index in [0.29, 0.717) is 18.1 Å². The maximum atomic E-state index is 12.1. The van der Waals surface area contributed by atoms with E-state index in [9.17, 15) is 14.9 Å². The highest BCUT2D eigenvalue weighted by molar-refractivity contribution is 5.74. The number of nitrogens with one attached hydrogen (secondary N) is 1. The van der Waals surface area contributed by atoms with Gasteiger partial charge in [0, 0.05) is 31.1 Å². The number of benzene rings is 1. The molecule has 1 aromatic heterocycles. The van der Waals surface area contributed by atoms with Gasteiger partial charge in [0.05, 0.1) is 4.92 Å². The number of ether oxygens (including phenoxy) is 1. The standard InChI is InChI=1S/C15H18N4O4/c1-15(2,3)23-14(20)18-8-7-16-13(18)17-10-11-5-4-6-12(9-11)19(21)22/h4-9H,10H2,1-3H3,(H,16,17). The molecule has 0 fully saturated rings. The number of carbonyl (C=O) groups excluding carboxylic acids is 1. The molecule has 122 valence electrons. The van der Waals surface area contributed by atoms with E-state index in [1.807, 2.05) is 0 Å². The van der Waals surface area contributed by atoms with E-state index in [4.69, 9.17) is 4.74 Å². The van der Waals surface area contributed by atoms with Crippen molar-refractivity contribution in [1.29, 1.82) is 0 Å². The highest BCUT2D eigenvalue weighted by Gasteiger charge is 2.19. The van der Waals surface area contributed by atoms with Crippen LogP contribution in [-0.4, -0.2) is 26.2 Å². The predicted molar refractivity (Wildman–Crippen MR) is 84.3 cm³/mol. The van der Waals surface area contributed by atoms with Crippen LogP contribution < -0.4 is 5.32 Å². The van der Waals surface area contributed by atoms with E-state index in [-0.39, 0.29) is 5.69 Å². The van der Waals surface area contributed by atoms with Crippen LogP contribution >= 0.6 is 0 Å². The average Bonchev–Trinajstić information content (AvgIpc) is 2.92. The number of hydrogen-bond acceptors (Lipinski definition) is 6. The number of non-ortho nitro benzene ring substituents is 1. The van der Waals surface area contributed by atoms with Crippen molar-refractivity contribution in [2.45, 2.75) is 32.9 Å². The highest BCUT2D eigenvalue weighted by Crippen LogP contribution is 2.16. The molecule has 0 aliphatic carbocycles. The number of nitrogens with zero attached hydrogens (tertiary/aromatic N) is 3. The molecule has 0 amide bonds. The van der Waals surface area contributed by atoms with E-state index < -0.39 is 16.6 Å². The Morgan fingerprint density at radius 3 is 2.83 bits per heavy atom. The van der Waals surface area contributed by atoms with Gasteiger partial charge in [0.15, 0.2) is 0 Å². The predicted octanol–water partition coefficient (Wildman–Crippen LogP) is 3.19. The fraction of sp³-hybridized carbons (Fsp3) is 0.333. The largest absolute Gasteiger partial charge is 0.443 e. The lowest BCUT2D eigenvalue weighted by atomic mass is 10.2. The first kappa shape index (κ1) is 16.5. The van der Waals surface area contributed by atoms with Crippen molar-refractivity contribution in [3.8, 4) is 0 Å². The molecule has 2 rings (SSSR count). The first-order valence-electron chi connectivity index (χ1n) is 7.00. The third-order valence-corrected chi connectivity index (χ3v) is 2.80. The number of hydrogen-bond donors (Lipinski definition) is 1. The summed E-state index contributed by atoms with van der Waals surface area (Å²) in [5.74, 6) is 0.311. The molecular weight excluding hydrogens is 300 g/mol. The summed E-state index contributed by atoms with van der Waals surface area (Å²) >= 11 is 0.